The van der Waals surface area contributed by atoms with Crippen molar-refractivity contribution in [1.82, 2.24) is 0 Å². The van der Waals surface area contributed by atoms with Crippen LogP contribution in [-0.4, -0.2) is 16.5 Å². The van der Waals surface area contributed by atoms with Gasteiger partial charge in [0, 0.05) is 17.1 Å². The monoisotopic (exact) mass is 479 g/mol. The number of rotatable bonds is 3. The first-order valence-electron chi connectivity index (χ1n) is 10.2. The highest BCUT2D eigenvalue weighted by Crippen LogP contribution is 2.42. The van der Waals surface area contributed by atoms with Gasteiger partial charge in [0.2, 0.25) is 0 Å². The van der Waals surface area contributed by atoms with E-state index in [-0.39, 0.29) is 16.6 Å². The Balaban J connectivity index is 1.72. The Bertz CT molecular complexity index is 1320. The zero-order valence-electron chi connectivity index (χ0n) is 18.3. The van der Waals surface area contributed by atoms with E-state index >= 15 is 0 Å². The average Bonchev–Trinajstić information content (AvgIpc) is 2.97. The Labute approximate surface area is 200 Å². The van der Waals surface area contributed by atoms with Gasteiger partial charge in [0.25, 0.3) is 0 Å². The first-order valence-corrected chi connectivity index (χ1v) is 10.6. The predicted octanol–water partition coefficient (Wildman–Crippen LogP) is 6.87. The number of amidine groups is 1. The lowest BCUT2D eigenvalue weighted by atomic mass is 10.0. The molecule has 0 spiro atoms. The highest BCUT2D eigenvalue weighted by Gasteiger charge is 2.48. The molecule has 0 aromatic heterocycles. The van der Waals surface area contributed by atoms with E-state index in [9.17, 15) is 13.2 Å². The fourth-order valence-corrected chi connectivity index (χ4v) is 4.48. The fourth-order valence-electron chi connectivity index (χ4n) is 3.95. The molecule has 172 valence electrons. The lowest BCUT2D eigenvalue weighted by Crippen LogP contribution is -2.44. The van der Waals surface area contributed by atoms with Gasteiger partial charge in [-0.25, -0.2) is 4.85 Å². The van der Waals surface area contributed by atoms with E-state index in [2.05, 4.69) is 4.85 Å². The van der Waals surface area contributed by atoms with Crippen molar-refractivity contribution in [2.24, 2.45) is 0 Å². The second-order valence-corrected chi connectivity index (χ2v) is 8.71. The normalized spacial score (nSPS) is 15.5. The van der Waals surface area contributed by atoms with Gasteiger partial charge < -0.3 is 10.6 Å². The smallest absolute Gasteiger partial charge is 0.399 e. The number of nitrogen functional groups attached to an aromatic ring is 1. The second kappa shape index (κ2) is 8.15. The molecular weight excluding hydrogens is 459 g/mol. The molecule has 3 aromatic carbocycles. The van der Waals surface area contributed by atoms with Crippen molar-refractivity contribution >= 4 is 45.9 Å². The maximum absolute atomic E-state index is 13.5. The molecule has 0 amide bonds. The molecule has 0 saturated carbocycles. The van der Waals surface area contributed by atoms with Crippen LogP contribution in [0.1, 0.15) is 19.4 Å². The molecular formula is C25H20F3N5S. The third kappa shape index (κ3) is 3.86. The van der Waals surface area contributed by atoms with Crippen molar-refractivity contribution in [2.75, 3.05) is 15.5 Å². The van der Waals surface area contributed by atoms with Gasteiger partial charge in [-0.15, -0.1) is 0 Å². The first kappa shape index (κ1) is 23.3. The van der Waals surface area contributed by atoms with Gasteiger partial charge in [-0.1, -0.05) is 30.3 Å². The molecule has 1 fully saturated rings. The molecule has 1 aliphatic heterocycles. The van der Waals surface area contributed by atoms with Crippen LogP contribution in [0.25, 0.3) is 16.0 Å². The quantitative estimate of drug-likeness (QED) is 0.244. The molecule has 1 saturated heterocycles. The molecule has 5 nitrogen and oxygen atoms in total. The maximum Gasteiger partial charge on any atom is 0.407 e. The molecule has 0 radical (unpaired) electrons. The Morgan fingerprint density at radius 1 is 0.941 bits per heavy atom. The minimum absolute atomic E-state index is 0.0313. The molecule has 0 aliphatic carbocycles. The van der Waals surface area contributed by atoms with E-state index in [1.807, 2.05) is 48.5 Å². The summed E-state index contributed by atoms with van der Waals surface area (Å²) in [5.41, 5.74) is 6.69. The van der Waals surface area contributed by atoms with E-state index in [1.165, 1.54) is 11.0 Å². The Morgan fingerprint density at radius 3 is 2.00 bits per heavy atom. The third-order valence-corrected chi connectivity index (χ3v) is 6.14. The van der Waals surface area contributed by atoms with Crippen LogP contribution >= 0.6 is 12.2 Å². The standard InChI is InChI=1S/C25H20F3N5S/c1-24(2)22(30)32(19-12-13-21(31-3)20(14-19)25(26,27)28)23(34)33(24)18-10-6-16(7-11-18)15-4-8-17(29)9-5-15/h4-14,30H,29H2,1-2H3. The zero-order chi connectivity index (χ0) is 24.8. The van der Waals surface area contributed by atoms with Crippen LogP contribution in [0.3, 0.4) is 0 Å². The molecule has 1 aliphatic rings. The van der Waals surface area contributed by atoms with Crippen LogP contribution in [0.4, 0.5) is 35.9 Å². The Morgan fingerprint density at radius 2 is 1.47 bits per heavy atom. The maximum atomic E-state index is 13.5. The minimum Gasteiger partial charge on any atom is -0.399 e. The molecule has 4 rings (SSSR count). The summed E-state index contributed by atoms with van der Waals surface area (Å²) in [6, 6.07) is 18.4. The lowest BCUT2D eigenvalue weighted by molar-refractivity contribution is -0.136. The number of hydrogen-bond donors (Lipinski definition) is 2. The zero-order valence-corrected chi connectivity index (χ0v) is 19.1. The van der Waals surface area contributed by atoms with Crippen LogP contribution in [0, 0.1) is 12.0 Å². The predicted molar refractivity (Wildman–Crippen MR) is 133 cm³/mol. The SMILES string of the molecule is [C-]#[N+]c1ccc(N2C(=N)C(C)(C)N(c3ccc(-c4ccc(N)cc4)cc3)C2=S)cc1C(F)(F)F. The third-order valence-electron chi connectivity index (χ3n) is 5.78. The molecule has 0 unspecified atom stereocenters. The largest absolute Gasteiger partial charge is 0.407 e. The van der Waals surface area contributed by atoms with Crippen LogP contribution < -0.4 is 15.5 Å². The van der Waals surface area contributed by atoms with Crippen molar-refractivity contribution in [3.05, 3.63) is 83.7 Å². The molecule has 3 aromatic rings. The fraction of sp³-hybridized carbons (Fsp3) is 0.160. The van der Waals surface area contributed by atoms with Crippen molar-refractivity contribution in [1.29, 1.82) is 5.41 Å². The molecule has 3 N–H and O–H groups in total. The average molecular weight is 480 g/mol. The number of nitrogens with two attached hydrogens (primary N) is 1. The lowest BCUT2D eigenvalue weighted by Gasteiger charge is -2.30. The number of benzene rings is 3. The number of hydrogen-bond acceptors (Lipinski definition) is 3. The van der Waals surface area contributed by atoms with Gasteiger partial charge in [0.15, 0.2) is 10.8 Å². The molecule has 34 heavy (non-hydrogen) atoms. The van der Waals surface area contributed by atoms with Crippen molar-refractivity contribution in [2.45, 2.75) is 25.6 Å². The highest BCUT2D eigenvalue weighted by atomic mass is 32.1. The van der Waals surface area contributed by atoms with Crippen LogP contribution in [0.5, 0.6) is 0 Å². The number of anilines is 3. The number of halogens is 3. The van der Waals surface area contributed by atoms with Gasteiger partial charge in [0.1, 0.15) is 5.84 Å². The van der Waals surface area contributed by atoms with Gasteiger partial charge in [-0.3, -0.25) is 10.3 Å². The van der Waals surface area contributed by atoms with Gasteiger partial charge in [-0.05, 0) is 73.6 Å². The highest BCUT2D eigenvalue weighted by molar-refractivity contribution is 7.81. The molecule has 9 heteroatoms. The van der Waals surface area contributed by atoms with E-state index in [0.29, 0.717) is 11.4 Å². The van der Waals surface area contributed by atoms with E-state index in [1.54, 1.807) is 18.7 Å². The Hall–Kier alpha value is -3.90. The van der Waals surface area contributed by atoms with Crippen molar-refractivity contribution in [3.63, 3.8) is 0 Å². The van der Waals surface area contributed by atoms with Crippen LogP contribution in [0.15, 0.2) is 66.7 Å². The van der Waals surface area contributed by atoms with E-state index in [0.717, 1.165) is 23.3 Å². The van der Waals surface area contributed by atoms with Gasteiger partial charge in [-0.2, -0.15) is 13.2 Å². The number of thiocarbonyl (C=S) groups is 1. The Kier molecular flexibility index (Phi) is 5.58. The molecule has 0 atom stereocenters. The van der Waals surface area contributed by atoms with Gasteiger partial charge in [0.05, 0.1) is 17.7 Å². The molecule has 1 heterocycles. The molecule has 0 bridgehead atoms. The summed E-state index contributed by atoms with van der Waals surface area (Å²) in [4.78, 5) is 6.03. The topological polar surface area (TPSA) is 60.7 Å². The van der Waals surface area contributed by atoms with Gasteiger partial charge >= 0.3 is 6.18 Å². The number of alkyl halides is 3. The van der Waals surface area contributed by atoms with E-state index < -0.39 is 23.0 Å². The van der Waals surface area contributed by atoms with Crippen molar-refractivity contribution in [3.8, 4) is 11.1 Å². The summed E-state index contributed by atoms with van der Waals surface area (Å²) in [6.07, 6.45) is -4.70. The number of nitrogens with zero attached hydrogens (tertiary/aromatic N) is 3. The number of nitrogens with one attached hydrogen (secondary N) is 1. The van der Waals surface area contributed by atoms with E-state index in [4.69, 9.17) is 29.9 Å². The van der Waals surface area contributed by atoms with Crippen LogP contribution in [-0.2, 0) is 6.18 Å². The minimum atomic E-state index is -4.70. The summed E-state index contributed by atoms with van der Waals surface area (Å²) in [7, 11) is 0. The summed E-state index contributed by atoms with van der Waals surface area (Å²) < 4.78 is 40.6. The first-order chi connectivity index (χ1) is 15.9. The summed E-state index contributed by atoms with van der Waals surface area (Å²) in [5, 5.41) is 8.90. The summed E-state index contributed by atoms with van der Waals surface area (Å²) >= 11 is 5.65. The summed E-state index contributed by atoms with van der Waals surface area (Å²) in [5.74, 6) is 0.0313. The van der Waals surface area contributed by atoms with Crippen LogP contribution in [0.2, 0.25) is 0 Å². The van der Waals surface area contributed by atoms with Crippen molar-refractivity contribution < 1.29 is 13.2 Å². The summed E-state index contributed by atoms with van der Waals surface area (Å²) in [6.45, 7) is 10.6. The second-order valence-electron chi connectivity index (χ2n) is 8.34.